The molecule has 0 amide bonds. The number of carbonyl (C=O) groups is 1. The van der Waals surface area contributed by atoms with Gasteiger partial charge in [0.2, 0.25) is 0 Å². The molecule has 0 radical (unpaired) electrons. The summed E-state index contributed by atoms with van der Waals surface area (Å²) in [5.74, 6) is 1.29. The quantitative estimate of drug-likeness (QED) is 0.481. The first-order chi connectivity index (χ1) is 5.91. The van der Waals surface area contributed by atoms with Crippen molar-refractivity contribution in [3.05, 3.63) is 11.1 Å². The molecule has 1 heteroatoms. The second kappa shape index (κ2) is 5.21. The van der Waals surface area contributed by atoms with Crippen LogP contribution in [0.2, 0.25) is 0 Å². The third-order valence-corrected chi connectivity index (χ3v) is 2.33. The Morgan fingerprint density at radius 1 is 0.846 bits per heavy atom. The van der Waals surface area contributed by atoms with Crippen molar-refractivity contribution in [1.82, 2.24) is 0 Å². The SMILES string of the molecule is CC(C)C(C=O)=C(C(C)C)C(C)C. The van der Waals surface area contributed by atoms with Crippen molar-refractivity contribution in [2.24, 2.45) is 17.8 Å². The molecule has 0 saturated carbocycles. The van der Waals surface area contributed by atoms with Gasteiger partial charge in [-0.25, -0.2) is 0 Å². The second-order valence-corrected chi connectivity index (χ2v) is 4.49. The van der Waals surface area contributed by atoms with Gasteiger partial charge in [-0.05, 0) is 23.3 Å². The highest BCUT2D eigenvalue weighted by molar-refractivity contribution is 5.75. The number of hydrogen-bond acceptors (Lipinski definition) is 1. The lowest BCUT2D eigenvalue weighted by atomic mass is 9.84. The van der Waals surface area contributed by atoms with E-state index in [2.05, 4.69) is 41.5 Å². The van der Waals surface area contributed by atoms with Crippen LogP contribution in [0.5, 0.6) is 0 Å². The van der Waals surface area contributed by atoms with E-state index < -0.39 is 0 Å². The van der Waals surface area contributed by atoms with Crippen LogP contribution in [0.4, 0.5) is 0 Å². The Bertz CT molecular complexity index is 187. The lowest BCUT2D eigenvalue weighted by Gasteiger charge is -2.20. The molecule has 0 aromatic carbocycles. The molecule has 1 nitrogen and oxygen atoms in total. The van der Waals surface area contributed by atoms with E-state index in [9.17, 15) is 4.79 Å². The van der Waals surface area contributed by atoms with Crippen LogP contribution in [0, 0.1) is 17.8 Å². The number of aldehydes is 1. The summed E-state index contributed by atoms with van der Waals surface area (Å²) in [4.78, 5) is 10.9. The van der Waals surface area contributed by atoms with E-state index in [4.69, 9.17) is 0 Å². The number of allylic oxidation sites excluding steroid dienone is 2. The maximum Gasteiger partial charge on any atom is 0.146 e. The molecule has 13 heavy (non-hydrogen) atoms. The molecular weight excluding hydrogens is 160 g/mol. The second-order valence-electron chi connectivity index (χ2n) is 4.49. The van der Waals surface area contributed by atoms with E-state index in [1.807, 2.05) is 0 Å². The van der Waals surface area contributed by atoms with Crippen LogP contribution in [-0.2, 0) is 4.79 Å². The molecule has 0 aliphatic heterocycles. The van der Waals surface area contributed by atoms with E-state index in [0.29, 0.717) is 17.8 Å². The monoisotopic (exact) mass is 182 g/mol. The van der Waals surface area contributed by atoms with Gasteiger partial charge in [0.1, 0.15) is 6.29 Å². The van der Waals surface area contributed by atoms with Crippen molar-refractivity contribution in [3.8, 4) is 0 Å². The summed E-state index contributed by atoms with van der Waals surface area (Å²) in [5.41, 5.74) is 2.30. The van der Waals surface area contributed by atoms with Gasteiger partial charge < -0.3 is 0 Å². The van der Waals surface area contributed by atoms with Gasteiger partial charge in [-0.3, -0.25) is 4.79 Å². The van der Waals surface area contributed by atoms with Gasteiger partial charge in [0.25, 0.3) is 0 Å². The van der Waals surface area contributed by atoms with Crippen molar-refractivity contribution >= 4 is 6.29 Å². The van der Waals surface area contributed by atoms with Gasteiger partial charge in [0.15, 0.2) is 0 Å². The van der Waals surface area contributed by atoms with Crippen LogP contribution in [0.15, 0.2) is 11.1 Å². The van der Waals surface area contributed by atoms with Gasteiger partial charge in [-0.1, -0.05) is 47.1 Å². The molecule has 0 aromatic heterocycles. The summed E-state index contributed by atoms with van der Waals surface area (Å²) in [6.45, 7) is 12.8. The maximum absolute atomic E-state index is 10.9. The van der Waals surface area contributed by atoms with Gasteiger partial charge in [0, 0.05) is 0 Å². The molecule has 0 bridgehead atoms. The highest BCUT2D eigenvalue weighted by Crippen LogP contribution is 2.26. The number of rotatable bonds is 4. The number of carbonyl (C=O) groups excluding carboxylic acids is 1. The van der Waals surface area contributed by atoms with Crippen LogP contribution in [0.3, 0.4) is 0 Å². The molecule has 0 fully saturated rings. The zero-order chi connectivity index (χ0) is 10.6. The predicted octanol–water partition coefficient (Wildman–Crippen LogP) is 3.45. The lowest BCUT2D eigenvalue weighted by Crippen LogP contribution is -2.11. The maximum atomic E-state index is 10.9. The smallest absolute Gasteiger partial charge is 0.146 e. The van der Waals surface area contributed by atoms with Crippen LogP contribution < -0.4 is 0 Å². The highest BCUT2D eigenvalue weighted by atomic mass is 16.1. The molecular formula is C12H22O. The Labute approximate surface area is 82.2 Å². The summed E-state index contributed by atoms with van der Waals surface area (Å²) in [7, 11) is 0. The van der Waals surface area contributed by atoms with Gasteiger partial charge in [0.05, 0.1) is 0 Å². The van der Waals surface area contributed by atoms with Crippen molar-refractivity contribution in [1.29, 1.82) is 0 Å². The van der Waals surface area contributed by atoms with Crippen molar-refractivity contribution < 1.29 is 4.79 Å². The largest absolute Gasteiger partial charge is 0.298 e. The van der Waals surface area contributed by atoms with Gasteiger partial charge in [-0.15, -0.1) is 0 Å². The Kier molecular flexibility index (Phi) is 4.97. The minimum Gasteiger partial charge on any atom is -0.298 e. The normalized spacial score (nSPS) is 11.2. The summed E-state index contributed by atoms with van der Waals surface area (Å²) in [6.07, 6.45) is 1.03. The predicted molar refractivity (Wildman–Crippen MR) is 57.6 cm³/mol. The molecule has 0 saturated heterocycles. The van der Waals surface area contributed by atoms with Crippen LogP contribution in [-0.4, -0.2) is 6.29 Å². The Balaban J connectivity index is 5.13. The minimum atomic E-state index is 0.345. The molecule has 0 heterocycles. The Morgan fingerprint density at radius 2 is 1.23 bits per heavy atom. The van der Waals surface area contributed by atoms with E-state index in [-0.39, 0.29) is 0 Å². The molecule has 0 aliphatic rings. The zero-order valence-electron chi connectivity index (χ0n) is 9.72. The molecule has 0 spiro atoms. The summed E-state index contributed by atoms with van der Waals surface area (Å²) < 4.78 is 0. The van der Waals surface area contributed by atoms with Crippen molar-refractivity contribution in [2.75, 3.05) is 0 Å². The van der Waals surface area contributed by atoms with Gasteiger partial charge >= 0.3 is 0 Å². The van der Waals surface area contributed by atoms with Gasteiger partial charge in [-0.2, -0.15) is 0 Å². The molecule has 0 N–H and O–H groups in total. The fourth-order valence-corrected chi connectivity index (χ4v) is 1.87. The first-order valence-electron chi connectivity index (χ1n) is 5.10. The first kappa shape index (κ1) is 12.4. The third-order valence-electron chi connectivity index (χ3n) is 2.33. The molecule has 0 unspecified atom stereocenters. The van der Waals surface area contributed by atoms with Crippen LogP contribution >= 0.6 is 0 Å². The van der Waals surface area contributed by atoms with E-state index in [1.165, 1.54) is 5.57 Å². The average Bonchev–Trinajstić information content (AvgIpc) is 1.97. The summed E-state index contributed by atoms with van der Waals surface area (Å²) in [6, 6.07) is 0. The fraction of sp³-hybridized carbons (Fsp3) is 0.750. The molecule has 0 aliphatic carbocycles. The van der Waals surface area contributed by atoms with Crippen LogP contribution in [0.25, 0.3) is 0 Å². The topological polar surface area (TPSA) is 17.1 Å². The molecule has 76 valence electrons. The lowest BCUT2D eigenvalue weighted by molar-refractivity contribution is -0.105. The minimum absolute atomic E-state index is 0.345. The molecule has 0 atom stereocenters. The molecule has 0 aromatic rings. The molecule has 0 rings (SSSR count). The van der Waals surface area contributed by atoms with Crippen molar-refractivity contribution in [2.45, 2.75) is 41.5 Å². The first-order valence-corrected chi connectivity index (χ1v) is 5.10. The highest BCUT2D eigenvalue weighted by Gasteiger charge is 2.15. The summed E-state index contributed by atoms with van der Waals surface area (Å²) >= 11 is 0. The number of hydrogen-bond donors (Lipinski definition) is 0. The van der Waals surface area contributed by atoms with E-state index >= 15 is 0 Å². The Hall–Kier alpha value is -0.590. The summed E-state index contributed by atoms with van der Waals surface area (Å²) in [5, 5.41) is 0. The average molecular weight is 182 g/mol. The van der Waals surface area contributed by atoms with E-state index in [1.54, 1.807) is 0 Å². The third kappa shape index (κ3) is 3.33. The van der Waals surface area contributed by atoms with Crippen molar-refractivity contribution in [3.63, 3.8) is 0 Å². The van der Waals surface area contributed by atoms with Crippen LogP contribution in [0.1, 0.15) is 41.5 Å². The van der Waals surface area contributed by atoms with E-state index in [0.717, 1.165) is 11.9 Å². The Morgan fingerprint density at radius 3 is 1.31 bits per heavy atom. The zero-order valence-corrected chi connectivity index (χ0v) is 9.72. The standard InChI is InChI=1S/C12H22O/c1-8(2)11(7-13)12(9(3)4)10(5)6/h7-10H,1-6H3. The fourth-order valence-electron chi connectivity index (χ4n) is 1.87.